The van der Waals surface area contributed by atoms with Gasteiger partial charge in [0.1, 0.15) is 0 Å². The summed E-state index contributed by atoms with van der Waals surface area (Å²) in [6.45, 7) is 0.701. The summed E-state index contributed by atoms with van der Waals surface area (Å²) in [6, 6.07) is 5.79. The monoisotopic (exact) mass is 241 g/mol. The van der Waals surface area contributed by atoms with Crippen LogP contribution in [0.4, 0.5) is 0 Å². The molecule has 0 aliphatic heterocycles. The van der Waals surface area contributed by atoms with Crippen molar-refractivity contribution in [2.45, 2.75) is 25.9 Å². The van der Waals surface area contributed by atoms with Crippen LogP contribution in [-0.4, -0.2) is 14.1 Å². The molecule has 0 radical (unpaired) electrons. The quantitative estimate of drug-likeness (QED) is 0.799. The lowest BCUT2D eigenvalue weighted by Gasteiger charge is -1.97. The minimum absolute atomic E-state index is 0.191. The molecule has 0 aliphatic carbocycles. The van der Waals surface area contributed by atoms with Gasteiger partial charge in [0, 0.05) is 19.3 Å². The molecule has 0 fully saturated rings. The van der Waals surface area contributed by atoms with E-state index in [1.54, 1.807) is 23.0 Å². The van der Waals surface area contributed by atoms with E-state index in [2.05, 4.69) is 4.98 Å². The second kappa shape index (κ2) is 5.15. The van der Waals surface area contributed by atoms with Crippen LogP contribution in [0.5, 0.6) is 0 Å². The zero-order valence-corrected chi connectivity index (χ0v) is 9.70. The smallest absolute Gasteiger partial charge is 0.291 e. The SMILES string of the molecule is N#CCCn1c(=O)n(CCC#N)c2cnccc21. The van der Waals surface area contributed by atoms with Crippen molar-refractivity contribution in [3.05, 3.63) is 28.9 Å². The number of aryl methyl sites for hydroxylation is 2. The predicted octanol–water partition coefficient (Wildman–Crippen LogP) is 1.03. The minimum atomic E-state index is -0.191. The molecular weight excluding hydrogens is 230 g/mol. The molecule has 2 heterocycles. The molecule has 0 atom stereocenters. The van der Waals surface area contributed by atoms with Gasteiger partial charge in [0.25, 0.3) is 0 Å². The van der Waals surface area contributed by atoms with Gasteiger partial charge in [-0.3, -0.25) is 14.1 Å². The molecule has 0 bridgehead atoms. The number of nitriles is 2. The fraction of sp³-hybridized carbons (Fsp3) is 0.333. The third kappa shape index (κ3) is 1.96. The van der Waals surface area contributed by atoms with E-state index in [1.165, 1.54) is 4.57 Å². The third-order valence-corrected chi connectivity index (χ3v) is 2.72. The first-order chi connectivity index (χ1) is 8.79. The van der Waals surface area contributed by atoms with Gasteiger partial charge >= 0.3 is 5.69 Å². The lowest BCUT2D eigenvalue weighted by atomic mass is 10.3. The van der Waals surface area contributed by atoms with E-state index in [1.807, 2.05) is 12.1 Å². The molecule has 2 rings (SSSR count). The summed E-state index contributed by atoms with van der Waals surface area (Å²) in [5.74, 6) is 0. The molecule has 18 heavy (non-hydrogen) atoms. The van der Waals surface area contributed by atoms with Crippen LogP contribution in [0.25, 0.3) is 11.0 Å². The van der Waals surface area contributed by atoms with Gasteiger partial charge < -0.3 is 0 Å². The van der Waals surface area contributed by atoms with Crippen molar-refractivity contribution in [1.82, 2.24) is 14.1 Å². The highest BCUT2D eigenvalue weighted by Gasteiger charge is 2.12. The molecule has 0 aromatic carbocycles. The van der Waals surface area contributed by atoms with E-state index in [-0.39, 0.29) is 18.5 Å². The van der Waals surface area contributed by atoms with Crippen molar-refractivity contribution in [2.24, 2.45) is 0 Å². The Bertz CT molecular complexity index is 640. The Balaban J connectivity index is 2.57. The van der Waals surface area contributed by atoms with Gasteiger partial charge in [-0.1, -0.05) is 0 Å². The molecule has 90 valence electrons. The fourth-order valence-corrected chi connectivity index (χ4v) is 1.92. The highest BCUT2D eigenvalue weighted by atomic mass is 16.1. The number of fused-ring (bicyclic) bond motifs is 1. The molecule has 0 spiro atoms. The van der Waals surface area contributed by atoms with Gasteiger partial charge in [0.2, 0.25) is 0 Å². The van der Waals surface area contributed by atoms with Crippen LogP contribution >= 0.6 is 0 Å². The summed E-state index contributed by atoms with van der Waals surface area (Å²) in [6.07, 6.45) is 3.77. The summed E-state index contributed by atoms with van der Waals surface area (Å²) in [5, 5.41) is 17.2. The highest BCUT2D eigenvalue weighted by Crippen LogP contribution is 2.11. The molecule has 0 amide bonds. The molecular formula is C12H11N5O. The molecule has 0 N–H and O–H groups in total. The molecule has 6 heteroatoms. The maximum Gasteiger partial charge on any atom is 0.329 e. The van der Waals surface area contributed by atoms with Gasteiger partial charge in [-0.25, -0.2) is 4.79 Å². The average Bonchev–Trinajstić information content (AvgIpc) is 2.66. The van der Waals surface area contributed by atoms with Gasteiger partial charge in [-0.15, -0.1) is 0 Å². The van der Waals surface area contributed by atoms with Crippen molar-refractivity contribution < 1.29 is 0 Å². The fourth-order valence-electron chi connectivity index (χ4n) is 1.92. The van der Waals surface area contributed by atoms with Gasteiger partial charge in [0.05, 0.1) is 42.2 Å². The maximum absolute atomic E-state index is 12.2. The van der Waals surface area contributed by atoms with Crippen LogP contribution in [0, 0.1) is 22.7 Å². The van der Waals surface area contributed by atoms with E-state index in [9.17, 15) is 4.79 Å². The molecule has 0 saturated heterocycles. The Labute approximate surface area is 103 Å². The normalized spacial score (nSPS) is 10.1. The molecule has 0 unspecified atom stereocenters. The number of hydrogen-bond donors (Lipinski definition) is 0. The maximum atomic E-state index is 12.2. The Morgan fingerprint density at radius 3 is 2.33 bits per heavy atom. The van der Waals surface area contributed by atoms with E-state index < -0.39 is 0 Å². The number of imidazole rings is 1. The van der Waals surface area contributed by atoms with Crippen molar-refractivity contribution in [3.63, 3.8) is 0 Å². The van der Waals surface area contributed by atoms with E-state index >= 15 is 0 Å². The summed E-state index contributed by atoms with van der Waals surface area (Å²) >= 11 is 0. The lowest BCUT2D eigenvalue weighted by Crippen LogP contribution is -2.24. The largest absolute Gasteiger partial charge is 0.329 e. The Kier molecular flexibility index (Phi) is 3.40. The van der Waals surface area contributed by atoms with Crippen molar-refractivity contribution in [1.29, 1.82) is 10.5 Å². The Morgan fingerprint density at radius 1 is 1.11 bits per heavy atom. The molecule has 6 nitrogen and oxygen atoms in total. The van der Waals surface area contributed by atoms with Crippen LogP contribution < -0.4 is 5.69 Å². The van der Waals surface area contributed by atoms with E-state index in [0.29, 0.717) is 18.6 Å². The summed E-state index contributed by atoms with van der Waals surface area (Å²) in [5.41, 5.74) is 1.27. The van der Waals surface area contributed by atoms with Crippen LogP contribution in [0.15, 0.2) is 23.3 Å². The number of hydrogen-bond acceptors (Lipinski definition) is 4. The summed E-state index contributed by atoms with van der Waals surface area (Å²) in [4.78, 5) is 16.2. The average molecular weight is 241 g/mol. The van der Waals surface area contributed by atoms with Gasteiger partial charge in [0.15, 0.2) is 0 Å². The molecule has 2 aromatic rings. The number of aromatic nitrogens is 3. The standard InChI is InChI=1S/C12H11N5O/c13-4-1-7-16-10-3-6-15-9-11(10)17(12(16)18)8-2-5-14/h3,6,9H,1-2,7-8H2. The van der Waals surface area contributed by atoms with Crippen molar-refractivity contribution in [3.8, 4) is 12.1 Å². The second-order valence-corrected chi connectivity index (χ2v) is 3.77. The number of rotatable bonds is 4. The summed E-state index contributed by atoms with van der Waals surface area (Å²) in [7, 11) is 0. The Hall–Kier alpha value is -2.60. The number of nitrogens with zero attached hydrogens (tertiary/aromatic N) is 5. The lowest BCUT2D eigenvalue weighted by molar-refractivity contribution is 0.635. The molecule has 0 saturated carbocycles. The first-order valence-electron chi connectivity index (χ1n) is 5.56. The van der Waals surface area contributed by atoms with E-state index in [0.717, 1.165) is 5.52 Å². The summed E-state index contributed by atoms with van der Waals surface area (Å²) < 4.78 is 3.08. The van der Waals surface area contributed by atoms with Crippen LogP contribution in [-0.2, 0) is 13.1 Å². The first kappa shape index (κ1) is 11.9. The van der Waals surface area contributed by atoms with Crippen LogP contribution in [0.1, 0.15) is 12.8 Å². The van der Waals surface area contributed by atoms with E-state index in [4.69, 9.17) is 10.5 Å². The topological polar surface area (TPSA) is 87.4 Å². The van der Waals surface area contributed by atoms with Gasteiger partial charge in [-0.2, -0.15) is 10.5 Å². The molecule has 0 aliphatic rings. The first-order valence-corrected chi connectivity index (χ1v) is 5.56. The predicted molar refractivity (Wildman–Crippen MR) is 64.5 cm³/mol. The highest BCUT2D eigenvalue weighted by molar-refractivity contribution is 5.74. The minimum Gasteiger partial charge on any atom is -0.291 e. The van der Waals surface area contributed by atoms with Crippen LogP contribution in [0.3, 0.4) is 0 Å². The third-order valence-electron chi connectivity index (χ3n) is 2.72. The zero-order chi connectivity index (χ0) is 13.0. The molecule has 2 aromatic heterocycles. The number of pyridine rings is 1. The van der Waals surface area contributed by atoms with Crippen molar-refractivity contribution >= 4 is 11.0 Å². The van der Waals surface area contributed by atoms with Crippen LogP contribution in [0.2, 0.25) is 0 Å². The van der Waals surface area contributed by atoms with Gasteiger partial charge in [-0.05, 0) is 6.07 Å². The Morgan fingerprint density at radius 2 is 1.72 bits per heavy atom. The zero-order valence-electron chi connectivity index (χ0n) is 9.70. The second-order valence-electron chi connectivity index (χ2n) is 3.77. The van der Waals surface area contributed by atoms with Crippen molar-refractivity contribution in [2.75, 3.05) is 0 Å².